The Hall–Kier alpha value is -4.73. The van der Waals surface area contributed by atoms with Gasteiger partial charge in [-0.05, 0) is 43.0 Å². The topological polar surface area (TPSA) is 122 Å². The van der Waals surface area contributed by atoms with Crippen molar-refractivity contribution in [3.63, 3.8) is 0 Å². The lowest BCUT2D eigenvalue weighted by molar-refractivity contribution is 0.0696. The molecule has 194 valence electrons. The number of nitrogens with one attached hydrogen (secondary N) is 1. The molecule has 2 aromatic heterocycles. The van der Waals surface area contributed by atoms with Gasteiger partial charge in [0, 0.05) is 31.0 Å². The molecule has 0 bridgehead atoms. The van der Waals surface area contributed by atoms with Gasteiger partial charge in [-0.15, -0.1) is 0 Å². The molecular formula is C28H28N6O4. The number of carbonyl (C=O) groups excluding carboxylic acids is 1. The molecule has 3 heterocycles. The Balaban J connectivity index is 1.23. The van der Waals surface area contributed by atoms with E-state index in [-0.39, 0.29) is 24.3 Å². The van der Waals surface area contributed by atoms with Crippen molar-refractivity contribution in [3.05, 3.63) is 89.9 Å². The van der Waals surface area contributed by atoms with Crippen molar-refractivity contribution in [2.45, 2.75) is 32.4 Å². The molecule has 0 aliphatic carbocycles. The number of aryl methyl sites for hydroxylation is 1. The highest BCUT2D eigenvalue weighted by molar-refractivity contribution is 5.88. The molecule has 0 saturated carbocycles. The third-order valence-electron chi connectivity index (χ3n) is 6.47. The Morgan fingerprint density at radius 3 is 2.66 bits per heavy atom. The van der Waals surface area contributed by atoms with E-state index in [4.69, 9.17) is 9.84 Å². The quantitative estimate of drug-likeness (QED) is 0.352. The molecule has 0 radical (unpaired) electrons. The molecule has 5 rings (SSSR count). The lowest BCUT2D eigenvalue weighted by Gasteiger charge is -2.32. The minimum atomic E-state index is -0.972. The van der Waals surface area contributed by atoms with Crippen molar-refractivity contribution in [2.75, 3.05) is 18.4 Å². The van der Waals surface area contributed by atoms with Crippen LogP contribution < -0.4 is 5.32 Å². The van der Waals surface area contributed by atoms with Gasteiger partial charge in [-0.25, -0.2) is 19.6 Å². The first-order valence-electron chi connectivity index (χ1n) is 12.4. The lowest BCUT2D eigenvalue weighted by Crippen LogP contribution is -2.41. The molecule has 10 nitrogen and oxygen atoms in total. The zero-order valence-corrected chi connectivity index (χ0v) is 20.9. The van der Waals surface area contributed by atoms with Crippen LogP contribution in [-0.2, 0) is 11.3 Å². The number of hydrogen-bond donors (Lipinski definition) is 2. The SMILES string of the molecule is Cc1cnc(Nc2cnn(C3CCCN(C(=O)OCc4ccccc4)C3)c2)nc1-c1ccc(C(=O)O)cc1. The van der Waals surface area contributed by atoms with Crippen molar-refractivity contribution < 1.29 is 19.4 Å². The van der Waals surface area contributed by atoms with E-state index in [1.807, 2.05) is 48.1 Å². The fourth-order valence-electron chi connectivity index (χ4n) is 4.44. The van der Waals surface area contributed by atoms with Crippen LogP contribution in [0, 0.1) is 6.92 Å². The predicted octanol–water partition coefficient (Wildman–Crippen LogP) is 5.06. The Kier molecular flexibility index (Phi) is 7.30. The Morgan fingerprint density at radius 1 is 1.11 bits per heavy atom. The molecule has 1 unspecified atom stereocenters. The number of likely N-dealkylation sites (tertiary alicyclic amines) is 1. The molecule has 1 saturated heterocycles. The number of aromatic nitrogens is 4. The number of nitrogens with zero attached hydrogens (tertiary/aromatic N) is 5. The standard InChI is InChI=1S/C28H28N6O4/c1-19-14-29-27(32-25(19)21-9-11-22(12-10-21)26(35)36)31-23-15-30-34(16-23)24-8-5-13-33(17-24)28(37)38-18-20-6-3-2-4-7-20/h2-4,6-7,9-12,14-16,24H,5,8,13,17-18H2,1H3,(H,35,36)(H,29,31,32). The zero-order valence-electron chi connectivity index (χ0n) is 20.9. The maximum Gasteiger partial charge on any atom is 0.410 e. The molecule has 10 heteroatoms. The van der Waals surface area contributed by atoms with E-state index in [2.05, 4.69) is 20.4 Å². The van der Waals surface area contributed by atoms with E-state index in [1.54, 1.807) is 41.6 Å². The summed E-state index contributed by atoms with van der Waals surface area (Å²) in [5.74, 6) is -0.567. The number of carbonyl (C=O) groups is 2. The molecule has 2 N–H and O–H groups in total. The van der Waals surface area contributed by atoms with Crippen LogP contribution in [0.15, 0.2) is 73.2 Å². The summed E-state index contributed by atoms with van der Waals surface area (Å²) in [5, 5.41) is 16.9. The first kappa shape index (κ1) is 24.9. The maximum absolute atomic E-state index is 12.6. The first-order valence-corrected chi connectivity index (χ1v) is 12.4. The molecule has 2 aromatic carbocycles. The number of rotatable bonds is 7. The van der Waals surface area contributed by atoms with Crippen LogP contribution in [0.1, 0.15) is 40.4 Å². The van der Waals surface area contributed by atoms with Gasteiger partial charge in [0.25, 0.3) is 0 Å². The van der Waals surface area contributed by atoms with Gasteiger partial charge in [0.05, 0.1) is 29.2 Å². The summed E-state index contributed by atoms with van der Waals surface area (Å²) < 4.78 is 7.37. The fourth-order valence-corrected chi connectivity index (χ4v) is 4.44. The largest absolute Gasteiger partial charge is 0.478 e. The molecule has 38 heavy (non-hydrogen) atoms. The van der Waals surface area contributed by atoms with Crippen LogP contribution in [0.3, 0.4) is 0 Å². The molecule has 1 fully saturated rings. The van der Waals surface area contributed by atoms with Crippen LogP contribution in [0.2, 0.25) is 0 Å². The number of carboxylic acids is 1. The summed E-state index contributed by atoms with van der Waals surface area (Å²) in [5.41, 5.74) is 4.28. The summed E-state index contributed by atoms with van der Waals surface area (Å²) in [6.07, 6.45) is 6.76. The molecule has 0 spiro atoms. The van der Waals surface area contributed by atoms with E-state index >= 15 is 0 Å². The van der Waals surface area contributed by atoms with Gasteiger partial charge in [-0.2, -0.15) is 5.10 Å². The average molecular weight is 513 g/mol. The van der Waals surface area contributed by atoms with Gasteiger partial charge >= 0.3 is 12.1 Å². The first-order chi connectivity index (χ1) is 18.5. The molecule has 1 amide bonds. The summed E-state index contributed by atoms with van der Waals surface area (Å²) in [7, 11) is 0. The predicted molar refractivity (Wildman–Crippen MR) is 141 cm³/mol. The number of hydrogen-bond acceptors (Lipinski definition) is 7. The third kappa shape index (κ3) is 5.80. The second-order valence-corrected chi connectivity index (χ2v) is 9.22. The van der Waals surface area contributed by atoms with Crippen molar-refractivity contribution in [1.82, 2.24) is 24.6 Å². The molecular weight excluding hydrogens is 484 g/mol. The van der Waals surface area contributed by atoms with Crippen molar-refractivity contribution in [2.24, 2.45) is 0 Å². The number of piperidine rings is 1. The normalized spacial score (nSPS) is 15.2. The Labute approximate surface area is 219 Å². The van der Waals surface area contributed by atoms with Gasteiger partial charge in [-0.1, -0.05) is 42.5 Å². The summed E-state index contributed by atoms with van der Waals surface area (Å²) in [4.78, 5) is 34.6. The van der Waals surface area contributed by atoms with Crippen LogP contribution in [-0.4, -0.2) is 54.9 Å². The second-order valence-electron chi connectivity index (χ2n) is 9.22. The van der Waals surface area contributed by atoms with Crippen LogP contribution in [0.4, 0.5) is 16.4 Å². The number of carboxylic acid groups (broad SMARTS) is 1. The van der Waals surface area contributed by atoms with Gasteiger partial charge in [0.15, 0.2) is 0 Å². The summed E-state index contributed by atoms with van der Waals surface area (Å²) >= 11 is 0. The Morgan fingerprint density at radius 2 is 1.89 bits per heavy atom. The van der Waals surface area contributed by atoms with E-state index in [9.17, 15) is 9.59 Å². The summed E-state index contributed by atoms with van der Waals surface area (Å²) in [6.45, 7) is 3.33. The highest BCUT2D eigenvalue weighted by Crippen LogP contribution is 2.26. The van der Waals surface area contributed by atoms with E-state index in [1.165, 1.54) is 0 Å². The number of anilines is 2. The maximum atomic E-state index is 12.6. The average Bonchev–Trinajstić information content (AvgIpc) is 3.42. The number of benzene rings is 2. The monoisotopic (exact) mass is 512 g/mol. The van der Waals surface area contributed by atoms with Gasteiger partial charge in [0.2, 0.25) is 5.95 Å². The van der Waals surface area contributed by atoms with E-state index in [0.717, 1.165) is 35.2 Å². The zero-order chi connectivity index (χ0) is 26.5. The summed E-state index contributed by atoms with van der Waals surface area (Å²) in [6, 6.07) is 16.3. The minimum absolute atomic E-state index is 0.0332. The number of aromatic carboxylic acids is 1. The van der Waals surface area contributed by atoms with Crippen molar-refractivity contribution >= 4 is 23.7 Å². The Bertz CT molecular complexity index is 1420. The van der Waals surface area contributed by atoms with Gasteiger partial charge in [-0.3, -0.25) is 4.68 Å². The highest BCUT2D eigenvalue weighted by atomic mass is 16.6. The van der Waals surface area contributed by atoms with E-state index < -0.39 is 5.97 Å². The van der Waals surface area contributed by atoms with Gasteiger partial charge in [0.1, 0.15) is 6.61 Å². The van der Waals surface area contributed by atoms with Crippen LogP contribution in [0.5, 0.6) is 0 Å². The van der Waals surface area contributed by atoms with Crippen molar-refractivity contribution in [1.29, 1.82) is 0 Å². The molecule has 1 aliphatic rings. The fraction of sp³-hybridized carbons (Fsp3) is 0.250. The van der Waals surface area contributed by atoms with E-state index in [0.29, 0.717) is 24.7 Å². The van der Waals surface area contributed by atoms with Gasteiger partial charge < -0.3 is 20.1 Å². The number of ether oxygens (including phenoxy) is 1. The third-order valence-corrected chi connectivity index (χ3v) is 6.47. The smallest absolute Gasteiger partial charge is 0.410 e. The molecule has 1 atom stereocenters. The highest BCUT2D eigenvalue weighted by Gasteiger charge is 2.26. The second kappa shape index (κ2) is 11.1. The molecule has 4 aromatic rings. The van der Waals surface area contributed by atoms with Crippen molar-refractivity contribution in [3.8, 4) is 11.3 Å². The number of amides is 1. The van der Waals surface area contributed by atoms with Crippen LogP contribution in [0.25, 0.3) is 11.3 Å². The minimum Gasteiger partial charge on any atom is -0.478 e. The molecule has 1 aliphatic heterocycles. The van der Waals surface area contributed by atoms with Crippen LogP contribution >= 0.6 is 0 Å². The lowest BCUT2D eigenvalue weighted by atomic mass is 10.1.